The standard InChI is InChI=1S/C14H15N5O/c1-3-7-15-11(5-1)13-17-14(20-18-13)10-9-16-19-8-4-2-6-12(10)19/h2,4,6,8-9,11,15H,1,3,5,7H2. The molecule has 3 aromatic rings. The smallest absolute Gasteiger partial charge is 0.261 e. The van der Waals surface area contributed by atoms with Gasteiger partial charge in [-0.1, -0.05) is 17.6 Å². The minimum absolute atomic E-state index is 0.211. The van der Waals surface area contributed by atoms with Crippen molar-refractivity contribution in [2.45, 2.75) is 25.3 Å². The monoisotopic (exact) mass is 269 g/mol. The molecule has 1 aliphatic heterocycles. The molecule has 1 N–H and O–H groups in total. The molecule has 3 aromatic heterocycles. The molecule has 20 heavy (non-hydrogen) atoms. The summed E-state index contributed by atoms with van der Waals surface area (Å²) in [5, 5.41) is 11.8. The fourth-order valence-electron chi connectivity index (χ4n) is 2.66. The highest BCUT2D eigenvalue weighted by molar-refractivity contribution is 5.74. The topological polar surface area (TPSA) is 68.2 Å². The lowest BCUT2D eigenvalue weighted by Crippen LogP contribution is -2.27. The molecule has 0 aromatic carbocycles. The number of pyridine rings is 1. The zero-order chi connectivity index (χ0) is 13.4. The van der Waals surface area contributed by atoms with Gasteiger partial charge >= 0.3 is 0 Å². The van der Waals surface area contributed by atoms with E-state index in [9.17, 15) is 0 Å². The molecule has 0 saturated carbocycles. The van der Waals surface area contributed by atoms with E-state index in [0.717, 1.165) is 29.9 Å². The van der Waals surface area contributed by atoms with Crippen molar-refractivity contribution in [1.82, 2.24) is 25.1 Å². The predicted octanol–water partition coefficient (Wildman–Crippen LogP) is 2.20. The van der Waals surface area contributed by atoms with Crippen molar-refractivity contribution in [2.24, 2.45) is 0 Å². The summed E-state index contributed by atoms with van der Waals surface area (Å²) >= 11 is 0. The van der Waals surface area contributed by atoms with Gasteiger partial charge in [-0.3, -0.25) is 0 Å². The van der Waals surface area contributed by atoms with Gasteiger partial charge in [0.05, 0.1) is 23.3 Å². The fourth-order valence-corrected chi connectivity index (χ4v) is 2.66. The van der Waals surface area contributed by atoms with Crippen molar-refractivity contribution in [3.8, 4) is 11.5 Å². The molecule has 0 bridgehead atoms. The second-order valence-corrected chi connectivity index (χ2v) is 5.05. The number of hydrogen-bond acceptors (Lipinski definition) is 5. The van der Waals surface area contributed by atoms with E-state index in [1.54, 1.807) is 10.7 Å². The Labute approximate surface area is 115 Å². The summed E-state index contributed by atoms with van der Waals surface area (Å²) in [4.78, 5) is 4.53. The van der Waals surface area contributed by atoms with Crippen LogP contribution < -0.4 is 5.32 Å². The second-order valence-electron chi connectivity index (χ2n) is 5.05. The van der Waals surface area contributed by atoms with Crippen molar-refractivity contribution < 1.29 is 4.52 Å². The first kappa shape index (κ1) is 11.6. The predicted molar refractivity (Wildman–Crippen MR) is 73.1 cm³/mol. The first-order chi connectivity index (χ1) is 9.92. The highest BCUT2D eigenvalue weighted by Gasteiger charge is 2.21. The molecule has 6 nitrogen and oxygen atoms in total. The van der Waals surface area contributed by atoms with Gasteiger partial charge in [0.2, 0.25) is 0 Å². The van der Waals surface area contributed by atoms with Crippen molar-refractivity contribution in [3.05, 3.63) is 36.4 Å². The van der Waals surface area contributed by atoms with Crippen molar-refractivity contribution >= 4 is 5.52 Å². The number of rotatable bonds is 2. The maximum atomic E-state index is 5.42. The molecule has 1 unspecified atom stereocenters. The largest absolute Gasteiger partial charge is 0.334 e. The lowest BCUT2D eigenvalue weighted by Gasteiger charge is -2.19. The summed E-state index contributed by atoms with van der Waals surface area (Å²) in [6, 6.07) is 6.11. The van der Waals surface area contributed by atoms with Crippen LogP contribution in [0.15, 0.2) is 35.1 Å². The van der Waals surface area contributed by atoms with Crippen LogP contribution in [0.25, 0.3) is 17.0 Å². The summed E-state index contributed by atoms with van der Waals surface area (Å²) in [7, 11) is 0. The Balaban J connectivity index is 1.70. The van der Waals surface area contributed by atoms with E-state index in [0.29, 0.717) is 5.89 Å². The highest BCUT2D eigenvalue weighted by Crippen LogP contribution is 2.26. The minimum atomic E-state index is 0.211. The van der Waals surface area contributed by atoms with Crippen LogP contribution in [0.5, 0.6) is 0 Å². The summed E-state index contributed by atoms with van der Waals surface area (Å²) < 4.78 is 7.22. The molecule has 0 radical (unpaired) electrons. The minimum Gasteiger partial charge on any atom is -0.334 e. The molecule has 1 atom stereocenters. The third-order valence-corrected chi connectivity index (χ3v) is 3.72. The van der Waals surface area contributed by atoms with Crippen LogP contribution in [-0.4, -0.2) is 26.3 Å². The van der Waals surface area contributed by atoms with Crippen LogP contribution in [0.4, 0.5) is 0 Å². The normalized spacial score (nSPS) is 19.5. The van der Waals surface area contributed by atoms with Crippen molar-refractivity contribution in [2.75, 3.05) is 6.54 Å². The Morgan fingerprint density at radius 2 is 2.30 bits per heavy atom. The number of hydrogen-bond donors (Lipinski definition) is 1. The number of piperidine rings is 1. The average molecular weight is 269 g/mol. The van der Waals surface area contributed by atoms with Gasteiger partial charge in [0.1, 0.15) is 0 Å². The Kier molecular flexibility index (Phi) is 2.74. The molecule has 4 heterocycles. The molecule has 102 valence electrons. The molecule has 0 amide bonds. The van der Waals surface area contributed by atoms with Crippen LogP contribution in [0, 0.1) is 0 Å². The van der Waals surface area contributed by atoms with E-state index in [4.69, 9.17) is 4.52 Å². The molecule has 4 rings (SSSR count). The van der Waals surface area contributed by atoms with Gasteiger partial charge in [0, 0.05) is 6.20 Å². The molecular formula is C14H15N5O. The molecule has 0 aliphatic carbocycles. The van der Waals surface area contributed by atoms with Gasteiger partial charge in [0.15, 0.2) is 5.82 Å². The van der Waals surface area contributed by atoms with E-state index in [2.05, 4.69) is 20.6 Å². The van der Waals surface area contributed by atoms with Crippen LogP contribution in [-0.2, 0) is 0 Å². The highest BCUT2D eigenvalue weighted by atomic mass is 16.5. The van der Waals surface area contributed by atoms with Crippen LogP contribution in [0.1, 0.15) is 31.1 Å². The van der Waals surface area contributed by atoms with Gasteiger partial charge in [-0.2, -0.15) is 10.1 Å². The maximum Gasteiger partial charge on any atom is 0.261 e. The second kappa shape index (κ2) is 4.72. The summed E-state index contributed by atoms with van der Waals surface area (Å²) in [5.74, 6) is 1.28. The van der Waals surface area contributed by atoms with Crippen LogP contribution >= 0.6 is 0 Å². The van der Waals surface area contributed by atoms with E-state index >= 15 is 0 Å². The summed E-state index contributed by atoms with van der Waals surface area (Å²) in [6.07, 6.45) is 7.15. The number of nitrogens with zero attached hydrogens (tertiary/aromatic N) is 4. The van der Waals surface area contributed by atoms with E-state index in [-0.39, 0.29) is 6.04 Å². The fraction of sp³-hybridized carbons (Fsp3) is 0.357. The zero-order valence-corrected chi connectivity index (χ0v) is 11.0. The zero-order valence-electron chi connectivity index (χ0n) is 11.0. The van der Waals surface area contributed by atoms with E-state index in [1.807, 2.05) is 24.4 Å². The molecular weight excluding hydrogens is 254 g/mol. The quantitative estimate of drug-likeness (QED) is 0.772. The van der Waals surface area contributed by atoms with Crippen LogP contribution in [0.2, 0.25) is 0 Å². The maximum absolute atomic E-state index is 5.42. The number of aromatic nitrogens is 4. The van der Waals surface area contributed by atoms with Gasteiger partial charge in [0.25, 0.3) is 5.89 Å². The van der Waals surface area contributed by atoms with Gasteiger partial charge in [-0.05, 0) is 31.5 Å². The molecule has 0 spiro atoms. The number of fused-ring (bicyclic) bond motifs is 1. The first-order valence-corrected chi connectivity index (χ1v) is 6.91. The molecule has 1 aliphatic rings. The Morgan fingerprint density at radius 1 is 1.30 bits per heavy atom. The third-order valence-electron chi connectivity index (χ3n) is 3.72. The summed E-state index contributed by atoms with van der Waals surface area (Å²) in [5.41, 5.74) is 1.85. The Morgan fingerprint density at radius 3 is 3.20 bits per heavy atom. The third kappa shape index (κ3) is 1.89. The van der Waals surface area contributed by atoms with Gasteiger partial charge in [-0.25, -0.2) is 4.52 Å². The average Bonchev–Trinajstić information content (AvgIpc) is 3.14. The SMILES string of the molecule is c1ccn2ncc(-c3nc(C4CCCCN4)no3)c2c1. The first-order valence-electron chi connectivity index (χ1n) is 6.91. The van der Waals surface area contributed by atoms with E-state index in [1.165, 1.54) is 12.8 Å². The number of nitrogens with one attached hydrogen (secondary N) is 1. The molecule has 1 fully saturated rings. The van der Waals surface area contributed by atoms with Crippen molar-refractivity contribution in [3.63, 3.8) is 0 Å². The Hall–Kier alpha value is -2.21. The van der Waals surface area contributed by atoms with Crippen LogP contribution in [0.3, 0.4) is 0 Å². The van der Waals surface area contributed by atoms with Gasteiger partial charge in [-0.15, -0.1) is 0 Å². The lowest BCUT2D eigenvalue weighted by atomic mass is 10.0. The molecule has 1 saturated heterocycles. The van der Waals surface area contributed by atoms with Crippen molar-refractivity contribution in [1.29, 1.82) is 0 Å². The Bertz CT molecular complexity index is 726. The van der Waals surface area contributed by atoms with Gasteiger partial charge < -0.3 is 9.84 Å². The van der Waals surface area contributed by atoms with E-state index < -0.39 is 0 Å². The summed E-state index contributed by atoms with van der Waals surface area (Å²) in [6.45, 7) is 1.02. The molecule has 6 heteroatoms. The lowest BCUT2D eigenvalue weighted by molar-refractivity contribution is 0.367.